The molecular formula is C20H23N3. The molecule has 0 spiro atoms. The Balaban J connectivity index is 1.86. The first kappa shape index (κ1) is 15.5. The summed E-state index contributed by atoms with van der Waals surface area (Å²) in [6, 6.07) is 17.2. The Morgan fingerprint density at radius 1 is 1.04 bits per heavy atom. The lowest BCUT2D eigenvalue weighted by Crippen LogP contribution is -2.24. The van der Waals surface area contributed by atoms with Crippen molar-refractivity contribution in [3.8, 4) is 0 Å². The number of aromatic nitrogens is 2. The summed E-state index contributed by atoms with van der Waals surface area (Å²) in [5.74, 6) is 1.03. The monoisotopic (exact) mass is 305 g/mol. The van der Waals surface area contributed by atoms with E-state index in [1.807, 2.05) is 25.5 Å². The number of benzene rings is 2. The Morgan fingerprint density at radius 3 is 2.35 bits per heavy atom. The van der Waals surface area contributed by atoms with E-state index in [-0.39, 0.29) is 6.04 Å². The second-order valence-electron chi connectivity index (χ2n) is 6.12. The molecule has 23 heavy (non-hydrogen) atoms. The molecule has 1 aromatic heterocycles. The first-order valence-corrected chi connectivity index (χ1v) is 7.96. The summed E-state index contributed by atoms with van der Waals surface area (Å²) in [7, 11) is 2.04. The van der Waals surface area contributed by atoms with E-state index in [0.29, 0.717) is 0 Å². The molecule has 1 heterocycles. The van der Waals surface area contributed by atoms with Gasteiger partial charge in [0.15, 0.2) is 0 Å². The Hall–Kier alpha value is -2.39. The van der Waals surface area contributed by atoms with Gasteiger partial charge in [0.05, 0.1) is 6.04 Å². The maximum absolute atomic E-state index is 4.54. The maximum Gasteiger partial charge on any atom is 0.130 e. The van der Waals surface area contributed by atoms with Crippen molar-refractivity contribution in [3.05, 3.63) is 89.0 Å². The van der Waals surface area contributed by atoms with E-state index in [4.69, 9.17) is 0 Å². The quantitative estimate of drug-likeness (QED) is 0.774. The van der Waals surface area contributed by atoms with E-state index in [9.17, 15) is 0 Å². The van der Waals surface area contributed by atoms with Crippen LogP contribution in [0.5, 0.6) is 0 Å². The normalized spacial score (nSPS) is 12.3. The van der Waals surface area contributed by atoms with Crippen LogP contribution in [0.2, 0.25) is 0 Å². The van der Waals surface area contributed by atoms with Gasteiger partial charge in [0.25, 0.3) is 0 Å². The van der Waals surface area contributed by atoms with Gasteiger partial charge < -0.3 is 4.57 Å². The van der Waals surface area contributed by atoms with Crippen molar-refractivity contribution in [2.24, 2.45) is 7.05 Å². The zero-order valence-electron chi connectivity index (χ0n) is 14.0. The van der Waals surface area contributed by atoms with Crippen molar-refractivity contribution < 1.29 is 0 Å². The summed E-state index contributed by atoms with van der Waals surface area (Å²) in [5.41, 5.74) is 5.13. The van der Waals surface area contributed by atoms with Crippen LogP contribution < -0.4 is 5.32 Å². The van der Waals surface area contributed by atoms with Crippen molar-refractivity contribution >= 4 is 0 Å². The van der Waals surface area contributed by atoms with Crippen molar-refractivity contribution in [3.63, 3.8) is 0 Å². The fourth-order valence-corrected chi connectivity index (χ4v) is 3.05. The summed E-state index contributed by atoms with van der Waals surface area (Å²) in [4.78, 5) is 4.54. The molecule has 3 nitrogen and oxygen atoms in total. The Labute approximate surface area is 138 Å². The molecule has 0 amide bonds. The summed E-state index contributed by atoms with van der Waals surface area (Å²) < 4.78 is 2.08. The van der Waals surface area contributed by atoms with Crippen molar-refractivity contribution in [1.82, 2.24) is 14.9 Å². The minimum Gasteiger partial charge on any atom is -0.336 e. The lowest BCUT2D eigenvalue weighted by Gasteiger charge is -2.19. The summed E-state index contributed by atoms with van der Waals surface area (Å²) in [6.07, 6.45) is 3.84. The van der Waals surface area contributed by atoms with Gasteiger partial charge in [-0.1, -0.05) is 59.7 Å². The van der Waals surface area contributed by atoms with Crippen LogP contribution in [0.3, 0.4) is 0 Å². The Kier molecular flexibility index (Phi) is 4.58. The van der Waals surface area contributed by atoms with Gasteiger partial charge in [-0.2, -0.15) is 0 Å². The van der Waals surface area contributed by atoms with Gasteiger partial charge in [0.1, 0.15) is 5.82 Å². The predicted molar refractivity (Wildman–Crippen MR) is 94.2 cm³/mol. The van der Waals surface area contributed by atoms with E-state index in [1.54, 1.807) is 0 Å². The molecule has 3 aromatic rings. The average Bonchev–Trinajstić information content (AvgIpc) is 2.94. The minimum atomic E-state index is 0.0806. The molecule has 3 rings (SSSR count). The lowest BCUT2D eigenvalue weighted by atomic mass is 10.0. The third-order valence-corrected chi connectivity index (χ3v) is 4.04. The van der Waals surface area contributed by atoms with Gasteiger partial charge in [-0.15, -0.1) is 0 Å². The molecular weight excluding hydrogens is 282 g/mol. The van der Waals surface area contributed by atoms with Gasteiger partial charge in [-0.05, 0) is 25.0 Å². The SMILES string of the molecule is Cc1cc(C)cc(CN[C@@H](c2ccccc2)c2nccn2C)c1. The number of nitrogens with zero attached hydrogens (tertiary/aromatic N) is 2. The number of nitrogens with one attached hydrogen (secondary N) is 1. The lowest BCUT2D eigenvalue weighted by molar-refractivity contribution is 0.558. The summed E-state index contributed by atoms with van der Waals surface area (Å²) in [5, 5.41) is 3.67. The molecule has 0 fully saturated rings. The molecule has 1 atom stereocenters. The summed E-state index contributed by atoms with van der Waals surface area (Å²) in [6.45, 7) is 5.10. The van der Waals surface area contributed by atoms with E-state index in [2.05, 4.69) is 71.2 Å². The molecule has 0 aliphatic heterocycles. The van der Waals surface area contributed by atoms with Crippen LogP contribution in [0.15, 0.2) is 60.9 Å². The second-order valence-corrected chi connectivity index (χ2v) is 6.12. The van der Waals surface area contributed by atoms with Crippen LogP contribution in [0.25, 0.3) is 0 Å². The minimum absolute atomic E-state index is 0.0806. The van der Waals surface area contributed by atoms with Crippen LogP contribution in [-0.4, -0.2) is 9.55 Å². The highest BCUT2D eigenvalue weighted by Gasteiger charge is 2.17. The van der Waals surface area contributed by atoms with Crippen molar-refractivity contribution in [1.29, 1.82) is 0 Å². The molecule has 0 unspecified atom stereocenters. The molecule has 0 radical (unpaired) electrons. The van der Waals surface area contributed by atoms with Crippen LogP contribution in [0, 0.1) is 13.8 Å². The number of hydrogen-bond acceptors (Lipinski definition) is 2. The van der Waals surface area contributed by atoms with Gasteiger partial charge >= 0.3 is 0 Å². The van der Waals surface area contributed by atoms with E-state index in [1.165, 1.54) is 22.3 Å². The van der Waals surface area contributed by atoms with E-state index in [0.717, 1.165) is 12.4 Å². The van der Waals surface area contributed by atoms with Crippen molar-refractivity contribution in [2.75, 3.05) is 0 Å². The molecule has 0 aliphatic rings. The van der Waals surface area contributed by atoms with Gasteiger partial charge in [-0.3, -0.25) is 5.32 Å². The standard InChI is InChI=1S/C20H23N3/c1-15-11-16(2)13-17(12-15)14-22-19(18-7-5-4-6-8-18)20-21-9-10-23(20)3/h4-13,19,22H,14H2,1-3H3/t19-/m0/s1. The predicted octanol–water partition coefficient (Wildman–Crippen LogP) is 3.92. The van der Waals surface area contributed by atoms with Crippen molar-refractivity contribution in [2.45, 2.75) is 26.4 Å². The molecule has 0 saturated carbocycles. The van der Waals surface area contributed by atoms with E-state index >= 15 is 0 Å². The third-order valence-electron chi connectivity index (χ3n) is 4.04. The Morgan fingerprint density at radius 2 is 1.74 bits per heavy atom. The van der Waals surface area contributed by atoms with Gasteiger partial charge in [0.2, 0.25) is 0 Å². The molecule has 3 heteroatoms. The second kappa shape index (κ2) is 6.80. The smallest absolute Gasteiger partial charge is 0.130 e. The largest absolute Gasteiger partial charge is 0.336 e. The summed E-state index contributed by atoms with van der Waals surface area (Å²) >= 11 is 0. The molecule has 118 valence electrons. The maximum atomic E-state index is 4.54. The first-order valence-electron chi connectivity index (χ1n) is 7.96. The third kappa shape index (κ3) is 3.69. The van der Waals surface area contributed by atoms with Crippen LogP contribution in [-0.2, 0) is 13.6 Å². The zero-order valence-corrected chi connectivity index (χ0v) is 14.0. The zero-order chi connectivity index (χ0) is 16.2. The Bertz CT molecular complexity index is 754. The molecule has 0 saturated heterocycles. The fourth-order valence-electron chi connectivity index (χ4n) is 3.05. The highest BCUT2D eigenvalue weighted by molar-refractivity contribution is 5.30. The van der Waals surface area contributed by atoms with E-state index < -0.39 is 0 Å². The van der Waals surface area contributed by atoms with Crippen LogP contribution in [0.4, 0.5) is 0 Å². The number of rotatable bonds is 5. The molecule has 2 aromatic carbocycles. The highest BCUT2D eigenvalue weighted by Crippen LogP contribution is 2.21. The highest BCUT2D eigenvalue weighted by atomic mass is 15.1. The number of aryl methyl sites for hydroxylation is 3. The fraction of sp³-hybridized carbons (Fsp3) is 0.250. The molecule has 0 aliphatic carbocycles. The van der Waals surface area contributed by atoms with Crippen LogP contribution >= 0.6 is 0 Å². The molecule has 0 bridgehead atoms. The topological polar surface area (TPSA) is 29.9 Å². The van der Waals surface area contributed by atoms with Gasteiger partial charge in [0, 0.05) is 26.0 Å². The number of hydrogen-bond donors (Lipinski definition) is 1. The first-order chi connectivity index (χ1) is 11.1. The van der Waals surface area contributed by atoms with Crippen LogP contribution in [0.1, 0.15) is 34.1 Å². The molecule has 1 N–H and O–H groups in total. The van der Waals surface area contributed by atoms with Gasteiger partial charge in [-0.25, -0.2) is 4.98 Å². The number of imidazole rings is 1. The average molecular weight is 305 g/mol.